The standard InChI is InChI=1S/C13H13Cl2NO2/c14-9-6-10-7(5-12(17)16-10)4-8(9)13(15)11-2-1-3-18-11/h4,6,11,13H,1-3,5H2,(H,16,17). The molecule has 0 spiro atoms. The Kier molecular flexibility index (Phi) is 3.22. The highest BCUT2D eigenvalue weighted by molar-refractivity contribution is 6.33. The Morgan fingerprint density at radius 3 is 3.00 bits per heavy atom. The van der Waals surface area contributed by atoms with Crippen LogP contribution in [0.4, 0.5) is 5.69 Å². The summed E-state index contributed by atoms with van der Waals surface area (Å²) in [4.78, 5) is 11.3. The Balaban J connectivity index is 1.92. The Morgan fingerprint density at radius 2 is 2.28 bits per heavy atom. The van der Waals surface area contributed by atoms with Gasteiger partial charge < -0.3 is 10.1 Å². The van der Waals surface area contributed by atoms with Crippen molar-refractivity contribution in [2.45, 2.75) is 30.7 Å². The van der Waals surface area contributed by atoms with Crippen molar-refractivity contribution in [3.63, 3.8) is 0 Å². The van der Waals surface area contributed by atoms with Crippen molar-refractivity contribution in [1.29, 1.82) is 0 Å². The molecule has 0 saturated carbocycles. The van der Waals surface area contributed by atoms with Gasteiger partial charge in [-0.15, -0.1) is 11.6 Å². The lowest BCUT2D eigenvalue weighted by atomic mass is 10.0. The number of halogens is 2. The monoisotopic (exact) mass is 285 g/mol. The Bertz CT molecular complexity index is 498. The van der Waals surface area contributed by atoms with Gasteiger partial charge in [0.05, 0.1) is 17.9 Å². The van der Waals surface area contributed by atoms with Gasteiger partial charge in [-0.2, -0.15) is 0 Å². The van der Waals surface area contributed by atoms with Gasteiger partial charge in [0, 0.05) is 17.3 Å². The van der Waals surface area contributed by atoms with E-state index in [1.54, 1.807) is 6.07 Å². The summed E-state index contributed by atoms with van der Waals surface area (Å²) in [6.45, 7) is 0.760. The maximum absolute atomic E-state index is 11.3. The number of ether oxygens (including phenoxy) is 1. The summed E-state index contributed by atoms with van der Waals surface area (Å²) in [5.41, 5.74) is 2.62. The van der Waals surface area contributed by atoms with Gasteiger partial charge in [-0.25, -0.2) is 0 Å². The Hall–Kier alpha value is -0.770. The number of hydrogen-bond acceptors (Lipinski definition) is 2. The molecule has 1 fully saturated rings. The number of nitrogens with one attached hydrogen (secondary N) is 1. The van der Waals surface area contributed by atoms with E-state index in [-0.39, 0.29) is 17.4 Å². The van der Waals surface area contributed by atoms with Crippen molar-refractivity contribution in [2.24, 2.45) is 0 Å². The second-order valence-corrected chi connectivity index (χ2v) is 5.59. The van der Waals surface area contributed by atoms with E-state index in [1.165, 1.54) is 0 Å². The second-order valence-electron chi connectivity index (χ2n) is 4.71. The van der Waals surface area contributed by atoms with E-state index in [1.807, 2.05) is 6.07 Å². The molecule has 0 bridgehead atoms. The largest absolute Gasteiger partial charge is 0.376 e. The van der Waals surface area contributed by atoms with E-state index >= 15 is 0 Å². The molecule has 1 amide bonds. The minimum Gasteiger partial charge on any atom is -0.376 e. The predicted octanol–water partition coefficient (Wildman–Crippen LogP) is 3.29. The number of amides is 1. The molecule has 1 aromatic rings. The fourth-order valence-electron chi connectivity index (χ4n) is 2.51. The average Bonchev–Trinajstić information content (AvgIpc) is 2.94. The molecule has 96 valence electrons. The summed E-state index contributed by atoms with van der Waals surface area (Å²) < 4.78 is 5.59. The fourth-order valence-corrected chi connectivity index (χ4v) is 3.23. The molecule has 0 aromatic heterocycles. The number of anilines is 1. The first-order valence-electron chi connectivity index (χ1n) is 6.03. The molecular formula is C13H13Cl2NO2. The normalized spacial score (nSPS) is 23.9. The van der Waals surface area contributed by atoms with Crippen LogP contribution < -0.4 is 5.32 Å². The molecule has 1 N–H and O–H groups in total. The lowest BCUT2D eigenvalue weighted by Gasteiger charge is -2.19. The van der Waals surface area contributed by atoms with Crippen molar-refractivity contribution in [1.82, 2.24) is 0 Å². The van der Waals surface area contributed by atoms with E-state index in [4.69, 9.17) is 27.9 Å². The van der Waals surface area contributed by atoms with Gasteiger partial charge in [-0.05, 0) is 30.0 Å². The zero-order valence-electron chi connectivity index (χ0n) is 9.71. The molecule has 5 heteroatoms. The minimum absolute atomic E-state index is 0.00135. The summed E-state index contributed by atoms with van der Waals surface area (Å²) in [6.07, 6.45) is 2.41. The second kappa shape index (κ2) is 4.72. The number of alkyl halides is 1. The molecule has 3 rings (SSSR count). The number of carbonyl (C=O) groups excluding carboxylic acids is 1. The summed E-state index contributed by atoms with van der Waals surface area (Å²) in [5, 5.41) is 3.12. The summed E-state index contributed by atoms with van der Waals surface area (Å²) in [6, 6.07) is 3.70. The number of hydrogen-bond donors (Lipinski definition) is 1. The molecule has 2 heterocycles. The number of benzene rings is 1. The highest BCUT2D eigenvalue weighted by Crippen LogP contribution is 2.39. The fraction of sp³-hybridized carbons (Fsp3) is 0.462. The maximum Gasteiger partial charge on any atom is 0.228 e. The zero-order valence-corrected chi connectivity index (χ0v) is 11.2. The topological polar surface area (TPSA) is 38.3 Å². The van der Waals surface area contributed by atoms with Crippen LogP contribution in [0.15, 0.2) is 12.1 Å². The highest BCUT2D eigenvalue weighted by Gasteiger charge is 2.29. The third-order valence-electron chi connectivity index (χ3n) is 3.44. The molecule has 3 nitrogen and oxygen atoms in total. The van der Waals surface area contributed by atoms with Crippen LogP contribution in [0.5, 0.6) is 0 Å². The number of fused-ring (bicyclic) bond motifs is 1. The zero-order chi connectivity index (χ0) is 12.7. The third kappa shape index (κ3) is 2.11. The minimum atomic E-state index is -0.249. The SMILES string of the molecule is O=C1Cc2cc(C(Cl)C3CCCO3)c(Cl)cc2N1. The van der Waals surface area contributed by atoms with Crippen LogP contribution in [0.3, 0.4) is 0 Å². The molecular weight excluding hydrogens is 273 g/mol. The van der Waals surface area contributed by atoms with Gasteiger partial charge in [0.15, 0.2) is 0 Å². The average molecular weight is 286 g/mol. The van der Waals surface area contributed by atoms with Crippen LogP contribution in [0.25, 0.3) is 0 Å². The third-order valence-corrected chi connectivity index (χ3v) is 4.28. The lowest BCUT2D eigenvalue weighted by Crippen LogP contribution is -2.13. The van der Waals surface area contributed by atoms with Crippen molar-refractivity contribution in [3.8, 4) is 0 Å². The van der Waals surface area contributed by atoms with Gasteiger partial charge in [0.1, 0.15) is 0 Å². The summed E-state index contributed by atoms with van der Waals surface area (Å²) in [5.74, 6) is 0.00135. The molecule has 1 aromatic carbocycles. The summed E-state index contributed by atoms with van der Waals surface area (Å²) >= 11 is 12.7. The van der Waals surface area contributed by atoms with Crippen molar-refractivity contribution in [2.75, 3.05) is 11.9 Å². The maximum atomic E-state index is 11.3. The van der Waals surface area contributed by atoms with E-state index in [9.17, 15) is 4.79 Å². The first-order valence-corrected chi connectivity index (χ1v) is 6.84. The predicted molar refractivity (Wildman–Crippen MR) is 71.4 cm³/mol. The molecule has 2 aliphatic heterocycles. The van der Waals surface area contributed by atoms with Crippen LogP contribution in [0, 0.1) is 0 Å². The number of rotatable bonds is 2. The molecule has 0 aliphatic carbocycles. The molecule has 2 atom stereocenters. The van der Waals surface area contributed by atoms with Gasteiger partial charge in [-0.3, -0.25) is 4.79 Å². The lowest BCUT2D eigenvalue weighted by molar-refractivity contribution is -0.115. The van der Waals surface area contributed by atoms with Gasteiger partial charge in [0.25, 0.3) is 0 Å². The van der Waals surface area contributed by atoms with Crippen LogP contribution in [0.1, 0.15) is 29.3 Å². The van der Waals surface area contributed by atoms with E-state index < -0.39 is 0 Å². The quantitative estimate of drug-likeness (QED) is 0.847. The first kappa shape index (κ1) is 12.3. The van der Waals surface area contributed by atoms with Gasteiger partial charge in [-0.1, -0.05) is 17.7 Å². The number of carbonyl (C=O) groups is 1. The van der Waals surface area contributed by atoms with Crippen LogP contribution in [0.2, 0.25) is 5.02 Å². The van der Waals surface area contributed by atoms with Crippen LogP contribution in [-0.4, -0.2) is 18.6 Å². The van der Waals surface area contributed by atoms with Crippen molar-refractivity contribution < 1.29 is 9.53 Å². The van der Waals surface area contributed by atoms with E-state index in [0.717, 1.165) is 36.3 Å². The molecule has 1 saturated heterocycles. The van der Waals surface area contributed by atoms with E-state index in [0.29, 0.717) is 11.4 Å². The molecule has 2 aliphatic rings. The molecule has 2 unspecified atom stereocenters. The Morgan fingerprint density at radius 1 is 1.44 bits per heavy atom. The molecule has 0 radical (unpaired) electrons. The smallest absolute Gasteiger partial charge is 0.228 e. The van der Waals surface area contributed by atoms with Crippen LogP contribution >= 0.6 is 23.2 Å². The summed E-state index contributed by atoms with van der Waals surface area (Å²) in [7, 11) is 0. The van der Waals surface area contributed by atoms with Crippen molar-refractivity contribution >= 4 is 34.8 Å². The Labute approximate surface area is 115 Å². The van der Waals surface area contributed by atoms with Gasteiger partial charge >= 0.3 is 0 Å². The van der Waals surface area contributed by atoms with E-state index in [2.05, 4.69) is 5.32 Å². The van der Waals surface area contributed by atoms with Crippen LogP contribution in [-0.2, 0) is 16.0 Å². The van der Waals surface area contributed by atoms with Crippen molar-refractivity contribution in [3.05, 3.63) is 28.3 Å². The highest BCUT2D eigenvalue weighted by atomic mass is 35.5. The first-order chi connectivity index (χ1) is 8.65. The van der Waals surface area contributed by atoms with Gasteiger partial charge in [0.2, 0.25) is 5.91 Å². The molecule has 18 heavy (non-hydrogen) atoms.